The Kier molecular flexibility index (Phi) is 7.36. The van der Waals surface area contributed by atoms with Gasteiger partial charge in [0.2, 0.25) is 10.0 Å². The standard InChI is InChI=1S/C24H26Cl2N2O5S/c1-27(24(11-5-4-8-22(24)29)18-6-2-3-7-19(18)25)23(30)17-9-10-20(26)21(16-17)34(31,32)28-12-14-33-15-13-28/h2-3,6-7,9-10,16H,4-5,8,11-15H2,1H3. The minimum Gasteiger partial charge on any atom is -0.379 e. The number of Topliss-reactive ketones (excluding diaryl/α,β-unsaturated/α-hetero) is 1. The van der Waals surface area contributed by atoms with Crippen molar-refractivity contribution in [2.24, 2.45) is 0 Å². The highest BCUT2D eigenvalue weighted by Gasteiger charge is 2.48. The second-order valence-electron chi connectivity index (χ2n) is 8.50. The van der Waals surface area contributed by atoms with E-state index in [-0.39, 0.29) is 34.4 Å². The first-order valence-corrected chi connectivity index (χ1v) is 13.3. The van der Waals surface area contributed by atoms with Crippen LogP contribution in [0.4, 0.5) is 0 Å². The quantitative estimate of drug-likeness (QED) is 0.587. The molecule has 0 radical (unpaired) electrons. The van der Waals surface area contributed by atoms with E-state index in [2.05, 4.69) is 0 Å². The number of ketones is 1. The third-order valence-corrected chi connectivity index (χ3v) is 9.33. The summed E-state index contributed by atoms with van der Waals surface area (Å²) in [6.07, 6.45) is 2.27. The Hall–Kier alpha value is -1.97. The minimum absolute atomic E-state index is 0.0280. The molecular formula is C24H26Cl2N2O5S. The van der Waals surface area contributed by atoms with Gasteiger partial charge < -0.3 is 9.64 Å². The van der Waals surface area contributed by atoms with Crippen LogP contribution in [-0.2, 0) is 25.1 Å². The maximum atomic E-state index is 13.7. The maximum absolute atomic E-state index is 13.7. The van der Waals surface area contributed by atoms with E-state index in [1.54, 1.807) is 31.3 Å². The van der Waals surface area contributed by atoms with Gasteiger partial charge in [0.15, 0.2) is 5.78 Å². The summed E-state index contributed by atoms with van der Waals surface area (Å²) in [7, 11) is -2.35. The van der Waals surface area contributed by atoms with E-state index in [9.17, 15) is 18.0 Å². The fraction of sp³-hybridized carbons (Fsp3) is 0.417. The van der Waals surface area contributed by atoms with E-state index in [1.165, 1.54) is 27.4 Å². The first kappa shape index (κ1) is 25.1. The van der Waals surface area contributed by atoms with Crippen LogP contribution in [0.25, 0.3) is 0 Å². The lowest BCUT2D eigenvalue weighted by Gasteiger charge is -2.44. The lowest BCUT2D eigenvalue weighted by atomic mass is 9.74. The number of hydrogen-bond acceptors (Lipinski definition) is 5. The maximum Gasteiger partial charge on any atom is 0.254 e. The van der Waals surface area contributed by atoms with Gasteiger partial charge in [0.25, 0.3) is 5.91 Å². The van der Waals surface area contributed by atoms with E-state index in [0.29, 0.717) is 36.6 Å². The number of rotatable bonds is 5. The van der Waals surface area contributed by atoms with Gasteiger partial charge in [-0.2, -0.15) is 4.31 Å². The number of benzene rings is 2. The Morgan fingerprint density at radius 3 is 2.44 bits per heavy atom. The zero-order chi connectivity index (χ0) is 24.5. The van der Waals surface area contributed by atoms with Crippen molar-refractivity contribution < 1.29 is 22.7 Å². The average molecular weight is 525 g/mol. The second-order valence-corrected chi connectivity index (χ2v) is 11.2. The molecule has 0 bridgehead atoms. The number of ether oxygens (including phenoxy) is 1. The summed E-state index contributed by atoms with van der Waals surface area (Å²) in [5.74, 6) is -0.567. The number of sulfonamides is 1. The SMILES string of the molecule is CN(C(=O)c1ccc(Cl)c(S(=O)(=O)N2CCOCC2)c1)C1(c2ccccc2Cl)CCCCC1=O. The van der Waals surface area contributed by atoms with E-state index in [4.69, 9.17) is 27.9 Å². The highest BCUT2D eigenvalue weighted by molar-refractivity contribution is 7.89. The molecular weight excluding hydrogens is 499 g/mol. The van der Waals surface area contributed by atoms with Crippen LogP contribution in [0.15, 0.2) is 47.4 Å². The van der Waals surface area contributed by atoms with E-state index in [0.717, 1.165) is 12.8 Å². The van der Waals surface area contributed by atoms with Crippen molar-refractivity contribution in [2.45, 2.75) is 36.1 Å². The number of morpholine rings is 1. The molecule has 0 N–H and O–H groups in total. The number of nitrogens with zero attached hydrogens (tertiary/aromatic N) is 2. The molecule has 7 nitrogen and oxygen atoms in total. The van der Waals surface area contributed by atoms with Crippen LogP contribution in [0.5, 0.6) is 0 Å². The topological polar surface area (TPSA) is 84.0 Å². The van der Waals surface area contributed by atoms with Crippen LogP contribution in [0.2, 0.25) is 10.0 Å². The Morgan fingerprint density at radius 1 is 1.06 bits per heavy atom. The highest BCUT2D eigenvalue weighted by Crippen LogP contribution is 2.43. The second kappa shape index (κ2) is 9.95. The average Bonchev–Trinajstić information content (AvgIpc) is 2.85. The van der Waals surface area contributed by atoms with E-state index >= 15 is 0 Å². The molecule has 2 aromatic rings. The fourth-order valence-corrected chi connectivity index (χ4v) is 6.96. The molecule has 1 aliphatic heterocycles. The van der Waals surface area contributed by atoms with Gasteiger partial charge in [0.05, 0.1) is 18.2 Å². The Balaban J connectivity index is 1.75. The fourth-order valence-electron chi connectivity index (χ4n) is 4.76. The van der Waals surface area contributed by atoms with Crippen molar-refractivity contribution in [1.82, 2.24) is 9.21 Å². The van der Waals surface area contributed by atoms with Gasteiger partial charge in [-0.25, -0.2) is 8.42 Å². The summed E-state index contributed by atoms with van der Waals surface area (Å²) in [5.41, 5.74) is -0.521. The smallest absolute Gasteiger partial charge is 0.254 e. The molecule has 0 spiro atoms. The normalized spacial score (nSPS) is 21.9. The van der Waals surface area contributed by atoms with Crippen LogP contribution in [0, 0.1) is 0 Å². The molecule has 1 aliphatic carbocycles. The predicted octanol–water partition coefficient (Wildman–Crippen LogP) is 4.12. The summed E-state index contributed by atoms with van der Waals surface area (Å²) < 4.78 is 33.0. The van der Waals surface area contributed by atoms with Gasteiger partial charge in [-0.15, -0.1) is 0 Å². The molecule has 1 atom stereocenters. The number of carbonyl (C=O) groups is 2. The molecule has 10 heteroatoms. The lowest BCUT2D eigenvalue weighted by molar-refractivity contribution is -0.132. The highest BCUT2D eigenvalue weighted by atomic mass is 35.5. The van der Waals surface area contributed by atoms with Gasteiger partial charge in [0.1, 0.15) is 10.4 Å². The summed E-state index contributed by atoms with van der Waals surface area (Å²) in [4.78, 5) is 28.3. The van der Waals surface area contributed by atoms with Crippen LogP contribution >= 0.6 is 23.2 Å². The van der Waals surface area contributed by atoms with Gasteiger partial charge >= 0.3 is 0 Å². The molecule has 4 rings (SSSR count). The molecule has 1 saturated heterocycles. The summed E-state index contributed by atoms with van der Waals surface area (Å²) in [6.45, 7) is 1.00. The van der Waals surface area contributed by atoms with Crippen molar-refractivity contribution in [2.75, 3.05) is 33.4 Å². The molecule has 2 aliphatic rings. The number of amides is 1. The number of halogens is 2. The van der Waals surface area contributed by atoms with Crippen molar-refractivity contribution in [1.29, 1.82) is 0 Å². The van der Waals surface area contributed by atoms with Crippen LogP contribution in [0.3, 0.4) is 0 Å². The largest absolute Gasteiger partial charge is 0.379 e. The number of hydrogen-bond donors (Lipinski definition) is 0. The van der Waals surface area contributed by atoms with Crippen LogP contribution < -0.4 is 0 Å². The third kappa shape index (κ3) is 4.38. The third-order valence-electron chi connectivity index (χ3n) is 6.62. The molecule has 1 heterocycles. The van der Waals surface area contributed by atoms with E-state index in [1.807, 2.05) is 0 Å². The predicted molar refractivity (Wildman–Crippen MR) is 130 cm³/mol. The van der Waals surface area contributed by atoms with E-state index < -0.39 is 21.5 Å². The lowest BCUT2D eigenvalue weighted by Crippen LogP contribution is -2.54. The first-order chi connectivity index (χ1) is 16.2. The van der Waals surface area contributed by atoms with Crippen molar-refractivity contribution in [3.8, 4) is 0 Å². The summed E-state index contributed by atoms with van der Waals surface area (Å²) >= 11 is 12.8. The molecule has 2 aromatic carbocycles. The zero-order valence-electron chi connectivity index (χ0n) is 18.8. The molecule has 0 aromatic heterocycles. The molecule has 1 amide bonds. The molecule has 182 valence electrons. The molecule has 2 fully saturated rings. The van der Waals surface area contributed by atoms with Gasteiger partial charge in [-0.1, -0.05) is 41.4 Å². The minimum atomic E-state index is -3.92. The Labute approximate surface area is 209 Å². The van der Waals surface area contributed by atoms with Crippen molar-refractivity contribution in [3.05, 3.63) is 63.6 Å². The van der Waals surface area contributed by atoms with Crippen molar-refractivity contribution in [3.63, 3.8) is 0 Å². The van der Waals surface area contributed by atoms with Crippen molar-refractivity contribution >= 4 is 44.9 Å². The molecule has 1 unspecified atom stereocenters. The monoisotopic (exact) mass is 524 g/mol. The van der Waals surface area contributed by atoms with Gasteiger partial charge in [-0.3, -0.25) is 9.59 Å². The molecule has 34 heavy (non-hydrogen) atoms. The van der Waals surface area contributed by atoms with Gasteiger partial charge in [0, 0.05) is 42.7 Å². The van der Waals surface area contributed by atoms with Gasteiger partial charge in [-0.05, 0) is 43.5 Å². The number of carbonyl (C=O) groups excluding carboxylic acids is 2. The summed E-state index contributed by atoms with van der Waals surface area (Å²) in [6, 6.07) is 11.2. The Morgan fingerprint density at radius 2 is 1.76 bits per heavy atom. The van der Waals surface area contributed by atoms with Crippen LogP contribution in [-0.4, -0.2) is 62.7 Å². The Bertz CT molecular complexity index is 1210. The molecule has 1 saturated carbocycles. The first-order valence-electron chi connectivity index (χ1n) is 11.1. The van der Waals surface area contributed by atoms with Crippen LogP contribution in [0.1, 0.15) is 41.6 Å². The number of likely N-dealkylation sites (N-methyl/N-ethyl adjacent to an activating group) is 1. The summed E-state index contributed by atoms with van der Waals surface area (Å²) in [5, 5.41) is 0.435. The zero-order valence-corrected chi connectivity index (χ0v) is 21.1.